The summed E-state index contributed by atoms with van der Waals surface area (Å²) in [6.07, 6.45) is 2.58. The first-order valence-electron chi connectivity index (χ1n) is 6.21. The van der Waals surface area contributed by atoms with Gasteiger partial charge in [-0.3, -0.25) is 4.79 Å². The Morgan fingerprint density at radius 2 is 2.33 bits per heavy atom. The van der Waals surface area contributed by atoms with Gasteiger partial charge in [-0.05, 0) is 20.3 Å². The molecule has 1 atom stereocenters. The normalized spacial score (nSPS) is 19.2. The summed E-state index contributed by atoms with van der Waals surface area (Å²) in [4.78, 5) is 22.1. The van der Waals surface area contributed by atoms with Crippen molar-refractivity contribution in [2.24, 2.45) is 0 Å². The van der Waals surface area contributed by atoms with Gasteiger partial charge in [0.05, 0.1) is 0 Å². The summed E-state index contributed by atoms with van der Waals surface area (Å²) < 4.78 is 0. The lowest BCUT2D eigenvalue weighted by atomic mass is 10.2. The Bertz CT molecular complexity index is 448. The third-order valence-corrected chi connectivity index (χ3v) is 3.05. The molecule has 1 aliphatic rings. The number of aromatic nitrogens is 2. The van der Waals surface area contributed by atoms with E-state index >= 15 is 0 Å². The summed E-state index contributed by atoms with van der Waals surface area (Å²) in [5.41, 5.74) is 0.944. The standard InChI is InChI=1S/C12H19N5O/c1-4-13-12-14-7-8(2)10(16-12)15-9-5-6-17(3)11(9)18/h7,9H,4-6H2,1-3H3,(H2,13,14,15,16). The molecule has 6 heteroatoms. The van der Waals surface area contributed by atoms with Gasteiger partial charge in [-0.15, -0.1) is 0 Å². The van der Waals surface area contributed by atoms with E-state index in [1.807, 2.05) is 20.9 Å². The summed E-state index contributed by atoms with van der Waals surface area (Å²) in [6.45, 7) is 5.49. The van der Waals surface area contributed by atoms with E-state index in [4.69, 9.17) is 0 Å². The van der Waals surface area contributed by atoms with Gasteiger partial charge < -0.3 is 15.5 Å². The molecule has 2 heterocycles. The van der Waals surface area contributed by atoms with Gasteiger partial charge in [0.2, 0.25) is 11.9 Å². The molecule has 0 radical (unpaired) electrons. The van der Waals surface area contributed by atoms with Crippen molar-refractivity contribution in [1.82, 2.24) is 14.9 Å². The van der Waals surface area contributed by atoms with E-state index in [2.05, 4.69) is 20.6 Å². The minimum Gasteiger partial charge on any atom is -0.358 e. The molecule has 0 bridgehead atoms. The van der Waals surface area contributed by atoms with Crippen LogP contribution >= 0.6 is 0 Å². The number of hydrogen-bond acceptors (Lipinski definition) is 5. The molecule has 0 aliphatic carbocycles. The SMILES string of the molecule is CCNc1ncc(C)c(NC2CCN(C)C2=O)n1. The van der Waals surface area contributed by atoms with Crippen LogP contribution in [0.5, 0.6) is 0 Å². The van der Waals surface area contributed by atoms with Crippen molar-refractivity contribution in [3.63, 3.8) is 0 Å². The van der Waals surface area contributed by atoms with E-state index in [1.54, 1.807) is 11.1 Å². The third-order valence-electron chi connectivity index (χ3n) is 3.05. The predicted octanol–water partition coefficient (Wildman–Crippen LogP) is 0.859. The number of amides is 1. The number of carbonyl (C=O) groups excluding carboxylic acids is 1. The monoisotopic (exact) mass is 249 g/mol. The summed E-state index contributed by atoms with van der Waals surface area (Å²) in [5, 5.41) is 6.27. The largest absolute Gasteiger partial charge is 0.358 e. The number of likely N-dealkylation sites (N-methyl/N-ethyl adjacent to an activating group) is 1. The molecule has 0 spiro atoms. The Balaban J connectivity index is 2.13. The fourth-order valence-corrected chi connectivity index (χ4v) is 1.95. The minimum atomic E-state index is -0.168. The van der Waals surface area contributed by atoms with Crippen LogP contribution in [0.3, 0.4) is 0 Å². The molecular formula is C12H19N5O. The smallest absolute Gasteiger partial charge is 0.244 e. The van der Waals surface area contributed by atoms with E-state index in [0.717, 1.165) is 30.9 Å². The van der Waals surface area contributed by atoms with E-state index in [1.165, 1.54) is 0 Å². The van der Waals surface area contributed by atoms with E-state index in [-0.39, 0.29) is 11.9 Å². The van der Waals surface area contributed by atoms with Crippen LogP contribution < -0.4 is 10.6 Å². The molecule has 1 fully saturated rings. The number of anilines is 2. The molecule has 1 saturated heterocycles. The van der Waals surface area contributed by atoms with Gasteiger partial charge in [-0.1, -0.05) is 0 Å². The van der Waals surface area contributed by atoms with Gasteiger partial charge in [0.1, 0.15) is 11.9 Å². The fraction of sp³-hybridized carbons (Fsp3) is 0.583. The summed E-state index contributed by atoms with van der Waals surface area (Å²) in [5.74, 6) is 1.44. The lowest BCUT2D eigenvalue weighted by molar-refractivity contribution is -0.127. The van der Waals surface area contributed by atoms with Gasteiger partial charge in [0.25, 0.3) is 0 Å². The van der Waals surface area contributed by atoms with Crippen LogP contribution in [-0.2, 0) is 4.79 Å². The number of hydrogen-bond donors (Lipinski definition) is 2. The topological polar surface area (TPSA) is 70.2 Å². The maximum atomic E-state index is 11.8. The van der Waals surface area contributed by atoms with Gasteiger partial charge in [0.15, 0.2) is 0 Å². The average molecular weight is 249 g/mol. The van der Waals surface area contributed by atoms with Gasteiger partial charge in [0, 0.05) is 31.9 Å². The second kappa shape index (κ2) is 5.20. The Morgan fingerprint density at radius 1 is 1.56 bits per heavy atom. The number of nitrogens with zero attached hydrogens (tertiary/aromatic N) is 3. The fourth-order valence-electron chi connectivity index (χ4n) is 1.95. The Kier molecular flexibility index (Phi) is 3.64. The Labute approximate surface area is 107 Å². The molecule has 0 aromatic carbocycles. The van der Waals surface area contributed by atoms with E-state index in [9.17, 15) is 4.79 Å². The van der Waals surface area contributed by atoms with Gasteiger partial charge >= 0.3 is 0 Å². The lowest BCUT2D eigenvalue weighted by Gasteiger charge is -2.15. The number of rotatable bonds is 4. The highest BCUT2D eigenvalue weighted by Crippen LogP contribution is 2.18. The van der Waals surface area contributed by atoms with Crippen molar-refractivity contribution in [3.05, 3.63) is 11.8 Å². The summed E-state index contributed by atoms with van der Waals surface area (Å²) in [6, 6.07) is -0.168. The first kappa shape index (κ1) is 12.6. The first-order chi connectivity index (χ1) is 8.61. The van der Waals surface area contributed by atoms with Crippen LogP contribution in [0, 0.1) is 6.92 Å². The number of nitrogens with one attached hydrogen (secondary N) is 2. The zero-order chi connectivity index (χ0) is 13.1. The van der Waals surface area contributed by atoms with Crippen LogP contribution in [0.25, 0.3) is 0 Å². The molecule has 2 rings (SSSR count). The van der Waals surface area contributed by atoms with Crippen LogP contribution in [0.2, 0.25) is 0 Å². The van der Waals surface area contributed by atoms with E-state index in [0.29, 0.717) is 5.95 Å². The van der Waals surface area contributed by atoms with E-state index < -0.39 is 0 Å². The zero-order valence-corrected chi connectivity index (χ0v) is 11.0. The predicted molar refractivity (Wildman–Crippen MR) is 70.6 cm³/mol. The molecule has 98 valence electrons. The molecule has 1 amide bonds. The van der Waals surface area contributed by atoms with Crippen LogP contribution in [-0.4, -0.2) is 47.0 Å². The third kappa shape index (κ3) is 2.52. The minimum absolute atomic E-state index is 0.123. The maximum Gasteiger partial charge on any atom is 0.244 e. The molecule has 0 saturated carbocycles. The van der Waals surface area contributed by atoms with Crippen molar-refractivity contribution in [2.45, 2.75) is 26.3 Å². The highest BCUT2D eigenvalue weighted by atomic mass is 16.2. The van der Waals surface area contributed by atoms with Crippen molar-refractivity contribution in [3.8, 4) is 0 Å². The average Bonchev–Trinajstić information content (AvgIpc) is 2.66. The second-order valence-electron chi connectivity index (χ2n) is 4.50. The molecule has 1 aliphatic heterocycles. The van der Waals surface area contributed by atoms with Crippen molar-refractivity contribution >= 4 is 17.7 Å². The van der Waals surface area contributed by atoms with Crippen molar-refractivity contribution in [1.29, 1.82) is 0 Å². The molecule has 1 unspecified atom stereocenters. The van der Waals surface area contributed by atoms with Gasteiger partial charge in [-0.2, -0.15) is 4.98 Å². The van der Waals surface area contributed by atoms with Crippen molar-refractivity contribution in [2.75, 3.05) is 30.8 Å². The van der Waals surface area contributed by atoms with Crippen LogP contribution in [0.1, 0.15) is 18.9 Å². The molecule has 6 nitrogen and oxygen atoms in total. The maximum absolute atomic E-state index is 11.8. The zero-order valence-electron chi connectivity index (χ0n) is 11.0. The molecule has 1 aromatic heterocycles. The Hall–Kier alpha value is -1.85. The molecule has 2 N–H and O–H groups in total. The van der Waals surface area contributed by atoms with Crippen molar-refractivity contribution < 1.29 is 4.79 Å². The summed E-state index contributed by atoms with van der Waals surface area (Å²) in [7, 11) is 1.82. The highest BCUT2D eigenvalue weighted by molar-refractivity contribution is 5.86. The van der Waals surface area contributed by atoms with Crippen LogP contribution in [0.4, 0.5) is 11.8 Å². The van der Waals surface area contributed by atoms with Gasteiger partial charge in [-0.25, -0.2) is 4.98 Å². The van der Waals surface area contributed by atoms with Crippen LogP contribution in [0.15, 0.2) is 6.20 Å². The highest BCUT2D eigenvalue weighted by Gasteiger charge is 2.29. The quantitative estimate of drug-likeness (QED) is 0.828. The Morgan fingerprint density at radius 3 is 2.94 bits per heavy atom. The molecular weight excluding hydrogens is 230 g/mol. The lowest BCUT2D eigenvalue weighted by Crippen LogP contribution is -2.31. The summed E-state index contributed by atoms with van der Waals surface area (Å²) >= 11 is 0. The number of likely N-dealkylation sites (tertiary alicyclic amines) is 1. The number of carbonyl (C=O) groups is 1. The number of aryl methyl sites for hydroxylation is 1. The first-order valence-corrected chi connectivity index (χ1v) is 6.21. The molecule has 1 aromatic rings. The molecule has 18 heavy (non-hydrogen) atoms. The second-order valence-corrected chi connectivity index (χ2v) is 4.50.